The number of hydrogen-bond donors (Lipinski definition) is 1. The van der Waals surface area contributed by atoms with Crippen molar-refractivity contribution in [1.29, 1.82) is 5.26 Å². The number of imidazole rings is 1. The summed E-state index contributed by atoms with van der Waals surface area (Å²) in [7, 11) is 1.80. The molecule has 2 aromatic heterocycles. The van der Waals surface area contributed by atoms with Crippen LogP contribution in [-0.4, -0.2) is 14.1 Å². The maximum Gasteiger partial charge on any atom is 0.328 e. The SMILES string of the molecule is Cn1c(=O)n(CC2CC(C)(C)C2)c2cc(Nc3ccnc(Cl)c3C#N)ccc21. The van der Waals surface area contributed by atoms with Gasteiger partial charge in [-0.2, -0.15) is 5.26 Å². The minimum absolute atomic E-state index is 0.00141. The predicted octanol–water partition coefficient (Wildman–Crippen LogP) is 4.44. The van der Waals surface area contributed by atoms with E-state index in [1.807, 2.05) is 22.8 Å². The van der Waals surface area contributed by atoms with Crippen molar-refractivity contribution in [3.8, 4) is 6.07 Å². The molecule has 0 amide bonds. The third-order valence-corrected chi connectivity index (χ3v) is 5.85. The van der Waals surface area contributed by atoms with Crippen LogP contribution >= 0.6 is 11.6 Å². The Morgan fingerprint density at radius 1 is 1.32 bits per heavy atom. The summed E-state index contributed by atoms with van der Waals surface area (Å²) in [5.74, 6) is 0.527. The lowest BCUT2D eigenvalue weighted by atomic mass is 9.64. The van der Waals surface area contributed by atoms with E-state index < -0.39 is 0 Å². The maximum absolute atomic E-state index is 12.8. The Hall–Kier alpha value is -2.78. The van der Waals surface area contributed by atoms with Crippen LogP contribution in [0.3, 0.4) is 0 Å². The van der Waals surface area contributed by atoms with Crippen molar-refractivity contribution in [3.05, 3.63) is 51.7 Å². The van der Waals surface area contributed by atoms with Gasteiger partial charge in [0, 0.05) is 25.5 Å². The summed E-state index contributed by atoms with van der Waals surface area (Å²) >= 11 is 6.02. The fourth-order valence-corrected chi connectivity index (χ4v) is 4.56. The first-order valence-corrected chi connectivity index (χ1v) is 9.68. The average molecular weight is 396 g/mol. The summed E-state index contributed by atoms with van der Waals surface area (Å²) in [6.45, 7) is 5.27. The van der Waals surface area contributed by atoms with Crippen molar-refractivity contribution in [3.63, 3.8) is 0 Å². The molecule has 2 heterocycles. The van der Waals surface area contributed by atoms with Gasteiger partial charge in [-0.15, -0.1) is 0 Å². The van der Waals surface area contributed by atoms with E-state index in [4.69, 9.17) is 11.6 Å². The van der Waals surface area contributed by atoms with Gasteiger partial charge < -0.3 is 5.32 Å². The Balaban J connectivity index is 1.71. The maximum atomic E-state index is 12.8. The molecule has 1 fully saturated rings. The topological polar surface area (TPSA) is 75.6 Å². The van der Waals surface area contributed by atoms with Crippen LogP contribution in [0.2, 0.25) is 5.15 Å². The molecule has 1 saturated carbocycles. The second-order valence-corrected chi connectivity index (χ2v) is 8.71. The van der Waals surface area contributed by atoms with Crippen molar-refractivity contribution in [2.45, 2.75) is 33.2 Å². The van der Waals surface area contributed by atoms with Gasteiger partial charge in [0.2, 0.25) is 0 Å². The fraction of sp³-hybridized carbons (Fsp3) is 0.381. The molecule has 0 saturated heterocycles. The van der Waals surface area contributed by atoms with E-state index in [1.165, 1.54) is 0 Å². The van der Waals surface area contributed by atoms with Crippen molar-refractivity contribution < 1.29 is 0 Å². The molecule has 7 heteroatoms. The number of nitriles is 1. The molecule has 0 spiro atoms. The van der Waals surface area contributed by atoms with Crippen LogP contribution in [0, 0.1) is 22.7 Å². The van der Waals surface area contributed by atoms with Crippen LogP contribution in [0.25, 0.3) is 11.0 Å². The Kier molecular flexibility index (Phi) is 4.43. The third-order valence-electron chi connectivity index (χ3n) is 5.56. The number of halogens is 1. The van der Waals surface area contributed by atoms with Crippen LogP contribution in [0.15, 0.2) is 35.3 Å². The highest BCUT2D eigenvalue weighted by Crippen LogP contribution is 2.45. The van der Waals surface area contributed by atoms with Gasteiger partial charge in [0.05, 0.1) is 16.7 Å². The summed E-state index contributed by atoms with van der Waals surface area (Å²) in [5.41, 5.74) is 3.84. The summed E-state index contributed by atoms with van der Waals surface area (Å²) in [5, 5.41) is 12.7. The van der Waals surface area contributed by atoms with Crippen molar-refractivity contribution >= 4 is 34.0 Å². The number of aromatic nitrogens is 3. The van der Waals surface area contributed by atoms with E-state index in [0.29, 0.717) is 22.6 Å². The Labute approximate surface area is 168 Å². The molecule has 144 valence electrons. The largest absolute Gasteiger partial charge is 0.354 e. The molecule has 28 heavy (non-hydrogen) atoms. The van der Waals surface area contributed by atoms with Crippen LogP contribution in [0.4, 0.5) is 11.4 Å². The number of anilines is 2. The zero-order valence-electron chi connectivity index (χ0n) is 16.2. The zero-order chi connectivity index (χ0) is 20.1. The molecule has 0 radical (unpaired) electrons. The van der Waals surface area contributed by atoms with Crippen molar-refractivity contribution in [2.24, 2.45) is 18.4 Å². The van der Waals surface area contributed by atoms with E-state index in [0.717, 1.165) is 36.1 Å². The molecule has 6 nitrogen and oxygen atoms in total. The normalized spacial score (nSPS) is 16.0. The van der Waals surface area contributed by atoms with Gasteiger partial charge in [-0.3, -0.25) is 9.13 Å². The quantitative estimate of drug-likeness (QED) is 0.662. The number of fused-ring (bicyclic) bond motifs is 1. The number of rotatable bonds is 4. The average Bonchev–Trinajstić information content (AvgIpc) is 2.85. The van der Waals surface area contributed by atoms with Gasteiger partial charge in [0.15, 0.2) is 0 Å². The molecule has 1 aliphatic rings. The fourth-order valence-electron chi connectivity index (χ4n) is 4.36. The summed E-state index contributed by atoms with van der Waals surface area (Å²) in [6, 6.07) is 9.57. The van der Waals surface area contributed by atoms with Crippen LogP contribution < -0.4 is 11.0 Å². The van der Waals surface area contributed by atoms with E-state index >= 15 is 0 Å². The molecular formula is C21H22ClN5O. The van der Waals surface area contributed by atoms with E-state index in [-0.39, 0.29) is 10.8 Å². The summed E-state index contributed by atoms with van der Waals surface area (Å²) in [6.07, 6.45) is 3.82. The zero-order valence-corrected chi connectivity index (χ0v) is 16.9. The molecule has 1 aromatic carbocycles. The standard InChI is InChI=1S/C21H22ClN5O/c1-21(2)9-13(10-21)12-27-18-8-14(4-5-17(18)26(3)20(27)28)25-16-6-7-24-19(22)15(16)11-23/h4-8,13H,9-10,12H2,1-3H3,(H,24,25). The number of nitrogens with one attached hydrogen (secondary N) is 1. The molecule has 0 unspecified atom stereocenters. The smallest absolute Gasteiger partial charge is 0.328 e. The molecular weight excluding hydrogens is 374 g/mol. The van der Waals surface area contributed by atoms with Gasteiger partial charge in [-0.25, -0.2) is 9.78 Å². The van der Waals surface area contributed by atoms with Gasteiger partial charge in [0.1, 0.15) is 16.8 Å². The van der Waals surface area contributed by atoms with Crippen molar-refractivity contribution in [1.82, 2.24) is 14.1 Å². The van der Waals surface area contributed by atoms with Crippen LogP contribution in [-0.2, 0) is 13.6 Å². The van der Waals surface area contributed by atoms with Gasteiger partial charge >= 0.3 is 5.69 Å². The highest BCUT2D eigenvalue weighted by Gasteiger charge is 2.36. The van der Waals surface area contributed by atoms with Crippen molar-refractivity contribution in [2.75, 3.05) is 5.32 Å². The number of nitrogens with zero attached hydrogens (tertiary/aromatic N) is 4. The number of benzene rings is 1. The first-order valence-electron chi connectivity index (χ1n) is 9.30. The first kappa shape index (κ1) is 18.6. The summed E-state index contributed by atoms with van der Waals surface area (Å²) in [4.78, 5) is 16.7. The number of pyridine rings is 1. The second kappa shape index (κ2) is 6.68. The lowest BCUT2D eigenvalue weighted by Crippen LogP contribution is -2.36. The first-order chi connectivity index (χ1) is 13.3. The van der Waals surface area contributed by atoms with Gasteiger partial charge in [-0.1, -0.05) is 25.4 Å². The molecule has 0 aliphatic heterocycles. The van der Waals surface area contributed by atoms with Gasteiger partial charge in [-0.05, 0) is 48.4 Å². The minimum Gasteiger partial charge on any atom is -0.354 e. The number of aryl methyl sites for hydroxylation is 1. The van der Waals surface area contributed by atoms with E-state index in [2.05, 4.69) is 30.2 Å². The third kappa shape index (κ3) is 3.16. The Morgan fingerprint density at radius 3 is 2.75 bits per heavy atom. The Bertz CT molecular complexity index is 1160. The lowest BCUT2D eigenvalue weighted by Gasteiger charge is -2.42. The Morgan fingerprint density at radius 2 is 2.07 bits per heavy atom. The lowest BCUT2D eigenvalue weighted by molar-refractivity contribution is 0.0829. The van der Waals surface area contributed by atoms with Crippen LogP contribution in [0.5, 0.6) is 0 Å². The highest BCUT2D eigenvalue weighted by molar-refractivity contribution is 6.31. The second-order valence-electron chi connectivity index (χ2n) is 8.36. The number of hydrogen-bond acceptors (Lipinski definition) is 4. The van der Waals surface area contributed by atoms with E-state index in [1.54, 1.807) is 23.9 Å². The molecule has 0 atom stereocenters. The molecule has 3 aromatic rings. The summed E-state index contributed by atoms with van der Waals surface area (Å²) < 4.78 is 3.55. The van der Waals surface area contributed by atoms with Gasteiger partial charge in [0.25, 0.3) is 0 Å². The highest BCUT2D eigenvalue weighted by atomic mass is 35.5. The molecule has 1 aliphatic carbocycles. The monoisotopic (exact) mass is 395 g/mol. The molecule has 1 N–H and O–H groups in total. The predicted molar refractivity (Wildman–Crippen MR) is 111 cm³/mol. The molecule has 4 rings (SSSR count). The molecule has 0 bridgehead atoms. The van der Waals surface area contributed by atoms with E-state index in [9.17, 15) is 10.1 Å². The minimum atomic E-state index is 0.00141. The van der Waals surface area contributed by atoms with Crippen LogP contribution in [0.1, 0.15) is 32.3 Å².